The van der Waals surface area contributed by atoms with Crippen LogP contribution in [0, 0.1) is 24.7 Å². The number of aryl methyl sites for hydroxylation is 1. The van der Waals surface area contributed by atoms with E-state index in [-0.39, 0.29) is 5.78 Å². The number of rotatable bonds is 12. The summed E-state index contributed by atoms with van der Waals surface area (Å²) in [6.07, 6.45) is 3.78. The highest BCUT2D eigenvalue weighted by Crippen LogP contribution is 2.28. The van der Waals surface area contributed by atoms with Crippen LogP contribution in [0.1, 0.15) is 85.8 Å². The van der Waals surface area contributed by atoms with Crippen LogP contribution in [0.25, 0.3) is 0 Å². The molecule has 1 atom stereocenters. The van der Waals surface area contributed by atoms with Crippen LogP contribution >= 0.6 is 11.8 Å². The SMILES string of the molecule is CCC(C)CC.CCC(CN(CN)/C(C)=C(\SCc1ccccc1)C(C)=O)C(C)C.Cc1ccccc1. The third-order valence-corrected chi connectivity index (χ3v) is 8.17. The van der Waals surface area contributed by atoms with Crippen LogP contribution in [0.4, 0.5) is 0 Å². The number of nitrogens with zero attached hydrogens (tertiary/aromatic N) is 1. The van der Waals surface area contributed by atoms with Crippen molar-refractivity contribution in [1.82, 2.24) is 4.90 Å². The Morgan fingerprint density at radius 3 is 1.70 bits per heavy atom. The van der Waals surface area contributed by atoms with Crippen molar-refractivity contribution in [3.8, 4) is 0 Å². The van der Waals surface area contributed by atoms with Crippen molar-refractivity contribution in [1.29, 1.82) is 0 Å². The second-order valence-corrected chi connectivity index (χ2v) is 11.1. The average Bonchev–Trinajstić information content (AvgIpc) is 2.90. The lowest BCUT2D eigenvalue weighted by molar-refractivity contribution is -0.113. The molecule has 0 fully saturated rings. The summed E-state index contributed by atoms with van der Waals surface area (Å²) in [6, 6.07) is 20.5. The zero-order valence-electron chi connectivity index (χ0n) is 25.1. The molecule has 0 saturated carbocycles. The highest BCUT2D eigenvalue weighted by Gasteiger charge is 2.19. The number of benzene rings is 2. The number of thioether (sulfide) groups is 1. The standard InChI is InChI=1S/C20H32N2OS.C7H8.C6H14/c1-6-19(15(2)3)12-22(14-21)16(4)20(17(5)23)24-13-18-10-8-7-9-11-18;1-7-5-3-2-4-6-7;1-4-6(3)5-2/h7-11,15,19H,6,12-14,21H2,1-5H3;2-6H,1H3;6H,4-5H2,1-3H3/b20-16-;;. The Morgan fingerprint density at radius 2 is 1.38 bits per heavy atom. The Hall–Kier alpha value is -2.04. The molecule has 4 heteroatoms. The maximum atomic E-state index is 12.2. The lowest BCUT2D eigenvalue weighted by Gasteiger charge is -2.31. The fourth-order valence-corrected chi connectivity index (χ4v) is 4.64. The van der Waals surface area contributed by atoms with Crippen molar-refractivity contribution in [2.45, 2.75) is 87.3 Å². The van der Waals surface area contributed by atoms with E-state index in [4.69, 9.17) is 5.73 Å². The Morgan fingerprint density at radius 1 is 0.865 bits per heavy atom. The van der Waals surface area contributed by atoms with Crippen LogP contribution in [-0.4, -0.2) is 23.9 Å². The molecule has 208 valence electrons. The van der Waals surface area contributed by atoms with Gasteiger partial charge in [-0.2, -0.15) is 0 Å². The second-order valence-electron chi connectivity index (χ2n) is 10.1. The summed E-state index contributed by atoms with van der Waals surface area (Å²) in [5, 5.41) is 0. The van der Waals surface area contributed by atoms with E-state index in [1.165, 1.54) is 24.0 Å². The van der Waals surface area contributed by atoms with Gasteiger partial charge in [-0.05, 0) is 44.1 Å². The van der Waals surface area contributed by atoms with E-state index in [9.17, 15) is 4.79 Å². The monoisotopic (exact) mass is 526 g/mol. The maximum absolute atomic E-state index is 12.2. The molecule has 2 aromatic carbocycles. The van der Waals surface area contributed by atoms with Crippen molar-refractivity contribution in [3.63, 3.8) is 0 Å². The Labute approximate surface area is 233 Å². The normalized spacial score (nSPS) is 12.1. The summed E-state index contributed by atoms with van der Waals surface area (Å²) < 4.78 is 0. The third-order valence-electron chi connectivity index (χ3n) is 6.83. The number of carbonyl (C=O) groups is 1. The molecule has 1 unspecified atom stereocenters. The number of allylic oxidation sites excluding steroid dienone is 2. The van der Waals surface area contributed by atoms with Crippen LogP contribution in [-0.2, 0) is 10.5 Å². The van der Waals surface area contributed by atoms with Gasteiger partial charge < -0.3 is 10.6 Å². The summed E-state index contributed by atoms with van der Waals surface area (Å²) in [7, 11) is 0. The lowest BCUT2D eigenvalue weighted by atomic mass is 9.92. The summed E-state index contributed by atoms with van der Waals surface area (Å²) >= 11 is 1.61. The number of carbonyl (C=O) groups excluding carboxylic acids is 1. The first-order valence-corrected chi connectivity index (χ1v) is 14.9. The van der Waals surface area contributed by atoms with Gasteiger partial charge in [0, 0.05) is 18.0 Å². The zero-order valence-corrected chi connectivity index (χ0v) is 25.9. The molecule has 0 spiro atoms. The molecular weight excluding hydrogens is 472 g/mol. The van der Waals surface area contributed by atoms with Gasteiger partial charge in [-0.15, -0.1) is 11.8 Å². The minimum Gasteiger partial charge on any atom is -0.361 e. The maximum Gasteiger partial charge on any atom is 0.167 e. The topological polar surface area (TPSA) is 46.3 Å². The van der Waals surface area contributed by atoms with E-state index in [1.54, 1.807) is 18.7 Å². The molecule has 0 heterocycles. The zero-order chi connectivity index (χ0) is 28.2. The summed E-state index contributed by atoms with van der Waals surface area (Å²) in [5.41, 5.74) is 9.54. The van der Waals surface area contributed by atoms with Crippen molar-refractivity contribution in [2.24, 2.45) is 23.5 Å². The lowest BCUT2D eigenvalue weighted by Crippen LogP contribution is -2.35. The average molecular weight is 527 g/mol. The molecule has 0 aliphatic heterocycles. The predicted molar refractivity (Wildman–Crippen MR) is 166 cm³/mol. The van der Waals surface area contributed by atoms with E-state index in [1.807, 2.05) is 43.3 Å². The first-order chi connectivity index (χ1) is 17.6. The van der Waals surface area contributed by atoms with E-state index >= 15 is 0 Å². The van der Waals surface area contributed by atoms with Crippen molar-refractivity contribution < 1.29 is 4.79 Å². The molecule has 0 radical (unpaired) electrons. The van der Waals surface area contributed by atoms with Gasteiger partial charge in [0.1, 0.15) is 0 Å². The van der Waals surface area contributed by atoms with Crippen LogP contribution in [0.2, 0.25) is 0 Å². The van der Waals surface area contributed by atoms with Gasteiger partial charge in [0.05, 0.1) is 11.6 Å². The molecule has 2 aromatic rings. The summed E-state index contributed by atoms with van der Waals surface area (Å²) in [4.78, 5) is 15.1. The number of ketones is 1. The Kier molecular flexibility index (Phi) is 19.8. The molecule has 2 N–H and O–H groups in total. The third kappa shape index (κ3) is 15.7. The number of hydrogen-bond donors (Lipinski definition) is 1. The molecule has 0 saturated heterocycles. The first kappa shape index (κ1) is 35.0. The number of nitrogens with two attached hydrogens (primary N) is 1. The van der Waals surface area contributed by atoms with Crippen LogP contribution < -0.4 is 5.73 Å². The highest BCUT2D eigenvalue weighted by molar-refractivity contribution is 8.03. The largest absolute Gasteiger partial charge is 0.361 e. The van der Waals surface area contributed by atoms with Crippen LogP contribution in [0.5, 0.6) is 0 Å². The fraction of sp³-hybridized carbons (Fsp3) is 0.545. The molecule has 3 nitrogen and oxygen atoms in total. The van der Waals surface area contributed by atoms with Gasteiger partial charge in [0.2, 0.25) is 0 Å². The highest BCUT2D eigenvalue weighted by atomic mass is 32.2. The van der Waals surface area contributed by atoms with Gasteiger partial charge in [0.15, 0.2) is 5.78 Å². The summed E-state index contributed by atoms with van der Waals surface area (Å²) in [6.45, 7) is 20.5. The van der Waals surface area contributed by atoms with Crippen LogP contribution in [0.15, 0.2) is 71.3 Å². The van der Waals surface area contributed by atoms with E-state index in [0.717, 1.165) is 35.2 Å². The summed E-state index contributed by atoms with van der Waals surface area (Å²) in [5.74, 6) is 3.03. The second kappa shape index (κ2) is 21.0. The van der Waals surface area contributed by atoms with Crippen molar-refractivity contribution in [3.05, 3.63) is 82.4 Å². The Bertz CT molecular complexity index is 860. The minimum atomic E-state index is 0.115. The molecule has 0 amide bonds. The number of hydrogen-bond acceptors (Lipinski definition) is 4. The van der Waals surface area contributed by atoms with Gasteiger partial charge in [-0.25, -0.2) is 0 Å². The van der Waals surface area contributed by atoms with Gasteiger partial charge >= 0.3 is 0 Å². The molecule has 0 aliphatic rings. The van der Waals surface area contributed by atoms with Crippen LogP contribution in [0.3, 0.4) is 0 Å². The number of Topliss-reactive ketones (excluding diaryl/α,β-unsaturated/α-hetero) is 1. The van der Waals surface area contributed by atoms with E-state index in [0.29, 0.717) is 18.5 Å². The quantitative estimate of drug-likeness (QED) is 0.221. The predicted octanol–water partition coefficient (Wildman–Crippen LogP) is 9.08. The molecule has 37 heavy (non-hydrogen) atoms. The van der Waals surface area contributed by atoms with Gasteiger partial charge in [0.25, 0.3) is 0 Å². The van der Waals surface area contributed by atoms with Crippen molar-refractivity contribution >= 4 is 17.5 Å². The van der Waals surface area contributed by atoms with Crippen molar-refractivity contribution in [2.75, 3.05) is 13.2 Å². The molecule has 0 aliphatic carbocycles. The molecule has 0 aromatic heterocycles. The minimum absolute atomic E-state index is 0.115. The molecule has 2 rings (SSSR count). The molecule has 0 bridgehead atoms. The fourth-order valence-electron chi connectivity index (χ4n) is 3.60. The van der Waals surface area contributed by atoms with Gasteiger partial charge in [-0.1, -0.05) is 127 Å². The van der Waals surface area contributed by atoms with E-state index < -0.39 is 0 Å². The Balaban J connectivity index is 0.000000807. The molecular formula is C33H54N2OS. The smallest absolute Gasteiger partial charge is 0.167 e. The first-order valence-electron chi connectivity index (χ1n) is 14.0. The van der Waals surface area contributed by atoms with E-state index in [2.05, 4.69) is 77.6 Å². The van der Waals surface area contributed by atoms with Gasteiger partial charge in [-0.3, -0.25) is 4.79 Å².